The van der Waals surface area contributed by atoms with E-state index in [0.717, 1.165) is 25.3 Å². The summed E-state index contributed by atoms with van der Waals surface area (Å²) in [5.41, 5.74) is 6.83. The van der Waals surface area contributed by atoms with E-state index < -0.39 is 0 Å². The van der Waals surface area contributed by atoms with Crippen molar-refractivity contribution < 1.29 is 8.78 Å². The Bertz CT molecular complexity index is 429. The first-order valence-electron chi connectivity index (χ1n) is 6.57. The van der Waals surface area contributed by atoms with Crippen LogP contribution in [0.3, 0.4) is 0 Å². The number of hydrogen-bond acceptors (Lipinski definition) is 1. The van der Waals surface area contributed by atoms with Gasteiger partial charge in [-0.3, -0.25) is 0 Å². The molecule has 0 aromatic heterocycles. The smallest absolute Gasteiger partial charge is 0.126 e. The average Bonchev–Trinajstić information content (AvgIpc) is 2.28. The third kappa shape index (κ3) is 3.08. The second-order valence-electron chi connectivity index (χ2n) is 6.27. The standard InChI is InChI=1S/C15H21F2N/c1-15(2)6-5-14(18)11(9-15)7-10-8-12(16)3-4-13(10)17/h3-4,8,11,14H,5-7,9,18H2,1-2H3. The van der Waals surface area contributed by atoms with Gasteiger partial charge in [-0.05, 0) is 60.8 Å². The lowest BCUT2D eigenvalue weighted by atomic mass is 9.68. The zero-order valence-corrected chi connectivity index (χ0v) is 11.0. The second-order valence-corrected chi connectivity index (χ2v) is 6.27. The van der Waals surface area contributed by atoms with Crippen LogP contribution in [0.1, 0.15) is 38.7 Å². The average molecular weight is 253 g/mol. The van der Waals surface area contributed by atoms with Gasteiger partial charge in [0.25, 0.3) is 0 Å². The van der Waals surface area contributed by atoms with Gasteiger partial charge in [-0.1, -0.05) is 13.8 Å². The number of nitrogens with two attached hydrogens (primary N) is 1. The lowest BCUT2D eigenvalue weighted by Crippen LogP contribution is -2.40. The molecule has 2 unspecified atom stereocenters. The summed E-state index contributed by atoms with van der Waals surface area (Å²) in [5, 5.41) is 0. The summed E-state index contributed by atoms with van der Waals surface area (Å²) in [6.45, 7) is 4.43. The van der Waals surface area contributed by atoms with Gasteiger partial charge in [0.05, 0.1) is 0 Å². The van der Waals surface area contributed by atoms with Crippen molar-refractivity contribution in [1.29, 1.82) is 0 Å². The molecular formula is C15H21F2N. The van der Waals surface area contributed by atoms with Crippen LogP contribution in [-0.4, -0.2) is 6.04 Å². The molecule has 0 saturated heterocycles. The van der Waals surface area contributed by atoms with Crippen LogP contribution >= 0.6 is 0 Å². The van der Waals surface area contributed by atoms with E-state index >= 15 is 0 Å². The minimum Gasteiger partial charge on any atom is -0.327 e. The van der Waals surface area contributed by atoms with Gasteiger partial charge in [0, 0.05) is 6.04 Å². The number of benzene rings is 1. The zero-order chi connectivity index (χ0) is 13.3. The summed E-state index contributed by atoms with van der Waals surface area (Å²) in [7, 11) is 0. The van der Waals surface area contributed by atoms with Gasteiger partial charge in [-0.25, -0.2) is 8.78 Å². The third-order valence-electron chi connectivity index (χ3n) is 4.06. The molecule has 0 heterocycles. The Morgan fingerprint density at radius 1 is 1.33 bits per heavy atom. The van der Waals surface area contributed by atoms with E-state index in [1.54, 1.807) is 0 Å². The van der Waals surface area contributed by atoms with Crippen molar-refractivity contribution in [3.8, 4) is 0 Å². The highest BCUT2D eigenvalue weighted by atomic mass is 19.1. The second kappa shape index (κ2) is 4.96. The van der Waals surface area contributed by atoms with Gasteiger partial charge in [-0.2, -0.15) is 0 Å². The number of hydrogen-bond donors (Lipinski definition) is 1. The minimum absolute atomic E-state index is 0.0979. The zero-order valence-electron chi connectivity index (χ0n) is 11.0. The fourth-order valence-corrected chi connectivity index (χ4v) is 2.96. The van der Waals surface area contributed by atoms with Crippen molar-refractivity contribution in [2.24, 2.45) is 17.1 Å². The van der Waals surface area contributed by atoms with E-state index in [1.165, 1.54) is 12.1 Å². The van der Waals surface area contributed by atoms with Crippen molar-refractivity contribution in [1.82, 2.24) is 0 Å². The monoisotopic (exact) mass is 253 g/mol. The quantitative estimate of drug-likeness (QED) is 0.855. The van der Waals surface area contributed by atoms with Gasteiger partial charge in [0.2, 0.25) is 0 Å². The summed E-state index contributed by atoms with van der Waals surface area (Å²) < 4.78 is 26.8. The molecule has 1 aromatic rings. The third-order valence-corrected chi connectivity index (χ3v) is 4.06. The molecule has 2 atom stereocenters. The predicted octanol–water partition coefficient (Wildman–Crippen LogP) is 3.66. The Kier molecular flexibility index (Phi) is 3.71. The maximum Gasteiger partial charge on any atom is 0.126 e. The molecule has 1 aliphatic carbocycles. The van der Waals surface area contributed by atoms with Crippen LogP contribution < -0.4 is 5.73 Å². The molecule has 2 N–H and O–H groups in total. The Hall–Kier alpha value is -0.960. The molecule has 1 aromatic carbocycles. The maximum absolute atomic E-state index is 13.6. The molecule has 0 amide bonds. The summed E-state index contributed by atoms with van der Waals surface area (Å²) in [4.78, 5) is 0. The lowest BCUT2D eigenvalue weighted by Gasteiger charge is -2.39. The summed E-state index contributed by atoms with van der Waals surface area (Å²) >= 11 is 0. The SMILES string of the molecule is CC1(C)CCC(N)C(Cc2cc(F)ccc2F)C1. The van der Waals surface area contributed by atoms with Crippen LogP contribution in [-0.2, 0) is 6.42 Å². The fraction of sp³-hybridized carbons (Fsp3) is 0.600. The molecule has 2 rings (SSSR count). The van der Waals surface area contributed by atoms with E-state index in [9.17, 15) is 8.78 Å². The van der Waals surface area contributed by atoms with E-state index in [4.69, 9.17) is 5.73 Å². The Balaban J connectivity index is 2.14. The van der Waals surface area contributed by atoms with Crippen molar-refractivity contribution >= 4 is 0 Å². The summed E-state index contributed by atoms with van der Waals surface area (Å²) in [6.07, 6.45) is 3.59. The minimum atomic E-state index is -0.380. The number of rotatable bonds is 2. The van der Waals surface area contributed by atoms with Crippen LogP contribution in [0.15, 0.2) is 18.2 Å². The summed E-state index contributed by atoms with van der Waals surface area (Å²) in [5.74, 6) is -0.466. The molecule has 0 radical (unpaired) electrons. The van der Waals surface area contributed by atoms with Gasteiger partial charge >= 0.3 is 0 Å². The molecule has 3 heteroatoms. The van der Waals surface area contributed by atoms with Crippen LogP contribution in [0.4, 0.5) is 8.78 Å². The topological polar surface area (TPSA) is 26.0 Å². The first kappa shape index (κ1) is 13.5. The Labute approximate surface area is 107 Å². The van der Waals surface area contributed by atoms with E-state index in [-0.39, 0.29) is 29.0 Å². The summed E-state index contributed by atoms with van der Waals surface area (Å²) in [6, 6.07) is 3.75. The molecule has 0 aliphatic heterocycles. The molecule has 1 fully saturated rings. The van der Waals surface area contributed by atoms with Crippen LogP contribution in [0, 0.1) is 23.0 Å². The van der Waals surface area contributed by atoms with Gasteiger partial charge in [-0.15, -0.1) is 0 Å². The molecule has 18 heavy (non-hydrogen) atoms. The van der Waals surface area contributed by atoms with Crippen LogP contribution in [0.5, 0.6) is 0 Å². The first-order chi connectivity index (χ1) is 8.37. The molecule has 0 bridgehead atoms. The molecule has 1 nitrogen and oxygen atoms in total. The molecule has 0 spiro atoms. The number of halogens is 2. The van der Waals surface area contributed by atoms with Gasteiger partial charge in [0.15, 0.2) is 0 Å². The van der Waals surface area contributed by atoms with E-state index in [2.05, 4.69) is 13.8 Å². The molecule has 100 valence electrons. The fourth-order valence-electron chi connectivity index (χ4n) is 2.96. The highest BCUT2D eigenvalue weighted by Gasteiger charge is 2.33. The Morgan fingerprint density at radius 2 is 2.06 bits per heavy atom. The first-order valence-corrected chi connectivity index (χ1v) is 6.57. The van der Waals surface area contributed by atoms with Crippen molar-refractivity contribution in [2.75, 3.05) is 0 Å². The molecule has 1 aliphatic rings. The molecular weight excluding hydrogens is 232 g/mol. The van der Waals surface area contributed by atoms with Gasteiger partial charge in [0.1, 0.15) is 11.6 Å². The Morgan fingerprint density at radius 3 is 2.78 bits per heavy atom. The van der Waals surface area contributed by atoms with E-state index in [1.807, 2.05) is 0 Å². The van der Waals surface area contributed by atoms with Crippen molar-refractivity contribution in [3.63, 3.8) is 0 Å². The largest absolute Gasteiger partial charge is 0.327 e. The van der Waals surface area contributed by atoms with Crippen LogP contribution in [0.2, 0.25) is 0 Å². The maximum atomic E-state index is 13.6. The molecule has 1 saturated carbocycles. The highest BCUT2D eigenvalue weighted by molar-refractivity contribution is 5.19. The lowest BCUT2D eigenvalue weighted by molar-refractivity contribution is 0.156. The van der Waals surface area contributed by atoms with Crippen molar-refractivity contribution in [3.05, 3.63) is 35.4 Å². The van der Waals surface area contributed by atoms with Crippen molar-refractivity contribution in [2.45, 2.75) is 45.6 Å². The van der Waals surface area contributed by atoms with Gasteiger partial charge < -0.3 is 5.73 Å². The predicted molar refractivity (Wildman–Crippen MR) is 69.2 cm³/mol. The normalized spacial score (nSPS) is 27.2. The van der Waals surface area contributed by atoms with E-state index in [0.29, 0.717) is 12.0 Å². The van der Waals surface area contributed by atoms with Crippen LogP contribution in [0.25, 0.3) is 0 Å². The highest BCUT2D eigenvalue weighted by Crippen LogP contribution is 2.39.